The Bertz CT molecular complexity index is 260. The van der Waals surface area contributed by atoms with Crippen molar-refractivity contribution in [3.8, 4) is 0 Å². The molecule has 1 unspecified atom stereocenters. The van der Waals surface area contributed by atoms with Crippen LogP contribution in [0.1, 0.15) is 79.1 Å². The first-order valence-electron chi connectivity index (χ1n) is 7.25. The van der Waals surface area contributed by atoms with E-state index < -0.39 is 11.4 Å². The van der Waals surface area contributed by atoms with Gasteiger partial charge in [0.2, 0.25) is 0 Å². The summed E-state index contributed by atoms with van der Waals surface area (Å²) >= 11 is 0. The zero-order chi connectivity index (χ0) is 14.0. The smallest absolute Gasteiger partial charge is 0.319 e. The van der Waals surface area contributed by atoms with Crippen LogP contribution in [0.3, 0.4) is 0 Å². The van der Waals surface area contributed by atoms with Crippen LogP contribution in [0.25, 0.3) is 0 Å². The van der Waals surface area contributed by atoms with Crippen molar-refractivity contribution >= 4 is 11.9 Å². The Balaban J connectivity index is 4.72. The summed E-state index contributed by atoms with van der Waals surface area (Å²) in [6, 6.07) is 0. The van der Waals surface area contributed by atoms with Crippen molar-refractivity contribution in [2.45, 2.75) is 79.1 Å². The van der Waals surface area contributed by atoms with Crippen molar-refractivity contribution in [3.63, 3.8) is 0 Å². The van der Waals surface area contributed by atoms with Crippen molar-refractivity contribution in [3.05, 3.63) is 0 Å². The Morgan fingerprint density at radius 2 is 1.50 bits per heavy atom. The van der Waals surface area contributed by atoms with E-state index in [0.29, 0.717) is 0 Å². The molecule has 0 amide bonds. The Labute approximate surface area is 111 Å². The van der Waals surface area contributed by atoms with E-state index in [1.165, 1.54) is 6.92 Å². The van der Waals surface area contributed by atoms with Gasteiger partial charge in [-0.1, -0.05) is 52.9 Å². The van der Waals surface area contributed by atoms with E-state index in [0.717, 1.165) is 51.4 Å². The number of hydrogen-bond acceptors (Lipinski definition) is 3. The molecule has 0 fully saturated rings. The van der Waals surface area contributed by atoms with Gasteiger partial charge in [-0.25, -0.2) is 0 Å². The number of unbranched alkanes of at least 4 members (excludes halogenated alkanes) is 3. The molecule has 0 spiro atoms. The highest BCUT2D eigenvalue weighted by molar-refractivity contribution is 5.87. The third-order valence-corrected chi connectivity index (χ3v) is 3.61. The molecule has 0 aromatic heterocycles. The van der Waals surface area contributed by atoms with Gasteiger partial charge in [-0.05, 0) is 19.3 Å². The molecule has 0 aromatic rings. The average molecular weight is 256 g/mol. The largest absolute Gasteiger partial charge is 0.393 e. The van der Waals surface area contributed by atoms with Crippen LogP contribution in [0.15, 0.2) is 0 Å². The molecule has 3 nitrogen and oxygen atoms in total. The van der Waals surface area contributed by atoms with Gasteiger partial charge in [0.05, 0.1) is 5.41 Å². The second kappa shape index (κ2) is 9.12. The van der Waals surface area contributed by atoms with E-state index in [-0.39, 0.29) is 5.97 Å². The van der Waals surface area contributed by atoms with Crippen molar-refractivity contribution in [2.75, 3.05) is 0 Å². The Morgan fingerprint density at radius 1 is 0.944 bits per heavy atom. The minimum absolute atomic E-state index is 0.318. The Hall–Kier alpha value is -0.860. The maximum Gasteiger partial charge on any atom is 0.319 e. The summed E-state index contributed by atoms with van der Waals surface area (Å²) in [4.78, 5) is 23.1. The predicted molar refractivity (Wildman–Crippen MR) is 73.2 cm³/mol. The molecule has 0 N–H and O–H groups in total. The first kappa shape index (κ1) is 17.1. The summed E-state index contributed by atoms with van der Waals surface area (Å²) in [5.41, 5.74) is -0.448. The molecule has 18 heavy (non-hydrogen) atoms. The van der Waals surface area contributed by atoms with Gasteiger partial charge in [0, 0.05) is 6.92 Å². The minimum Gasteiger partial charge on any atom is -0.393 e. The Kier molecular flexibility index (Phi) is 8.69. The summed E-state index contributed by atoms with van der Waals surface area (Å²) in [6.07, 6.45) is 7.77. The number of rotatable bonds is 9. The fraction of sp³-hybridized carbons (Fsp3) is 0.867. The first-order valence-corrected chi connectivity index (χ1v) is 7.25. The third kappa shape index (κ3) is 5.65. The maximum atomic E-state index is 12.2. The van der Waals surface area contributed by atoms with Crippen molar-refractivity contribution in [1.82, 2.24) is 0 Å². The van der Waals surface area contributed by atoms with Gasteiger partial charge >= 0.3 is 11.9 Å². The second-order valence-electron chi connectivity index (χ2n) is 5.08. The zero-order valence-electron chi connectivity index (χ0n) is 12.4. The van der Waals surface area contributed by atoms with Crippen LogP contribution in [0.5, 0.6) is 0 Å². The fourth-order valence-electron chi connectivity index (χ4n) is 2.29. The van der Waals surface area contributed by atoms with E-state index >= 15 is 0 Å². The number of carbonyl (C=O) groups excluding carboxylic acids is 2. The molecule has 0 rings (SSSR count). The number of hydrogen-bond donors (Lipinski definition) is 0. The van der Waals surface area contributed by atoms with Crippen LogP contribution in [0.4, 0.5) is 0 Å². The lowest BCUT2D eigenvalue weighted by molar-refractivity contribution is -0.167. The van der Waals surface area contributed by atoms with E-state index in [1.54, 1.807) is 0 Å². The summed E-state index contributed by atoms with van der Waals surface area (Å²) in [7, 11) is 0. The molecule has 106 valence electrons. The van der Waals surface area contributed by atoms with E-state index in [1.807, 2.05) is 6.92 Å². The highest BCUT2D eigenvalue weighted by atomic mass is 16.6. The fourth-order valence-corrected chi connectivity index (χ4v) is 2.29. The van der Waals surface area contributed by atoms with Gasteiger partial charge in [0.25, 0.3) is 0 Å². The monoisotopic (exact) mass is 256 g/mol. The number of esters is 2. The Morgan fingerprint density at radius 3 is 1.94 bits per heavy atom. The highest BCUT2D eigenvalue weighted by Gasteiger charge is 2.37. The summed E-state index contributed by atoms with van der Waals surface area (Å²) in [5, 5.41) is 0. The van der Waals surface area contributed by atoms with E-state index in [4.69, 9.17) is 4.74 Å². The standard InChI is InChI=1S/C15H28O3/c1-5-8-10-12-15(7-3,11-9-6-2)14(17)18-13(4)16/h5-12H2,1-4H3. The molecule has 0 aromatic carbocycles. The lowest BCUT2D eigenvalue weighted by Gasteiger charge is -2.29. The van der Waals surface area contributed by atoms with Gasteiger partial charge in [-0.2, -0.15) is 0 Å². The van der Waals surface area contributed by atoms with E-state index in [2.05, 4.69) is 13.8 Å². The summed E-state index contributed by atoms with van der Waals surface area (Å²) in [6.45, 7) is 7.57. The molecule has 1 atom stereocenters. The molecule has 0 heterocycles. The topological polar surface area (TPSA) is 43.4 Å². The molecule has 0 aliphatic carbocycles. The van der Waals surface area contributed by atoms with Crippen molar-refractivity contribution in [2.24, 2.45) is 5.41 Å². The van der Waals surface area contributed by atoms with Crippen LogP contribution in [-0.2, 0) is 14.3 Å². The molecule has 3 heteroatoms. The lowest BCUT2D eigenvalue weighted by atomic mass is 9.76. The van der Waals surface area contributed by atoms with Gasteiger partial charge < -0.3 is 4.74 Å². The van der Waals surface area contributed by atoms with Crippen molar-refractivity contribution < 1.29 is 14.3 Å². The maximum absolute atomic E-state index is 12.2. The van der Waals surface area contributed by atoms with Gasteiger partial charge in [-0.15, -0.1) is 0 Å². The zero-order valence-corrected chi connectivity index (χ0v) is 12.4. The molecule has 0 saturated carbocycles. The quantitative estimate of drug-likeness (QED) is 0.352. The minimum atomic E-state index is -0.496. The SMILES string of the molecule is CCCCCC(CC)(CCCC)C(=O)OC(C)=O. The molecule has 0 aliphatic rings. The molecular weight excluding hydrogens is 228 g/mol. The predicted octanol–water partition coefficient (Wildman–Crippen LogP) is 4.24. The molecular formula is C15H28O3. The van der Waals surface area contributed by atoms with Crippen LogP contribution in [-0.4, -0.2) is 11.9 Å². The summed E-state index contributed by atoms with van der Waals surface area (Å²) < 4.78 is 4.86. The first-order chi connectivity index (χ1) is 8.52. The van der Waals surface area contributed by atoms with Gasteiger partial charge in [0.15, 0.2) is 0 Å². The summed E-state index contributed by atoms with van der Waals surface area (Å²) in [5.74, 6) is -0.813. The number of carbonyl (C=O) groups is 2. The van der Waals surface area contributed by atoms with Crippen LogP contribution in [0.2, 0.25) is 0 Å². The average Bonchev–Trinajstić information content (AvgIpc) is 2.33. The molecule has 0 bridgehead atoms. The lowest BCUT2D eigenvalue weighted by Crippen LogP contribution is -2.33. The van der Waals surface area contributed by atoms with Gasteiger partial charge in [0.1, 0.15) is 0 Å². The molecule has 0 saturated heterocycles. The van der Waals surface area contributed by atoms with Crippen LogP contribution in [0, 0.1) is 5.41 Å². The van der Waals surface area contributed by atoms with Crippen LogP contribution >= 0.6 is 0 Å². The second-order valence-corrected chi connectivity index (χ2v) is 5.08. The van der Waals surface area contributed by atoms with E-state index in [9.17, 15) is 9.59 Å². The normalized spacial score (nSPS) is 14.0. The van der Waals surface area contributed by atoms with Gasteiger partial charge in [-0.3, -0.25) is 9.59 Å². The molecule has 0 radical (unpaired) electrons. The number of ether oxygens (including phenoxy) is 1. The molecule has 0 aliphatic heterocycles. The van der Waals surface area contributed by atoms with Crippen molar-refractivity contribution in [1.29, 1.82) is 0 Å². The highest BCUT2D eigenvalue weighted by Crippen LogP contribution is 2.36. The third-order valence-electron chi connectivity index (χ3n) is 3.61. The van der Waals surface area contributed by atoms with Crippen LogP contribution < -0.4 is 0 Å².